The minimum atomic E-state index is -0.113. The van der Waals surface area contributed by atoms with Crippen LogP contribution in [0, 0.1) is 16.7 Å². The second-order valence-corrected chi connectivity index (χ2v) is 14.9. The van der Waals surface area contributed by atoms with Gasteiger partial charge in [-0.1, -0.05) is 0 Å². The lowest BCUT2D eigenvalue weighted by Gasteiger charge is -2.40. The lowest BCUT2D eigenvalue weighted by Crippen LogP contribution is -2.60. The maximum absolute atomic E-state index is 10.4. The molecule has 2 bridgehead atoms. The summed E-state index contributed by atoms with van der Waals surface area (Å²) in [6, 6.07) is 3.27. The molecule has 11 nitrogen and oxygen atoms in total. The second kappa shape index (κ2) is 10.3. The number of nitriles is 1. The molecule has 2 aromatic heterocycles. The molecule has 1 saturated carbocycles. The van der Waals surface area contributed by atoms with E-state index in [0.717, 1.165) is 88.8 Å². The number of morpholine rings is 1. The van der Waals surface area contributed by atoms with Gasteiger partial charge in [0.1, 0.15) is 6.07 Å². The highest BCUT2D eigenvalue weighted by Crippen LogP contribution is 2.56. The smallest absolute Gasteiger partial charge is 0.321 e. The zero-order chi connectivity index (χ0) is 27.6. The molecule has 4 saturated heterocycles. The van der Waals surface area contributed by atoms with E-state index in [1.165, 1.54) is 10.4 Å². The van der Waals surface area contributed by atoms with Crippen LogP contribution in [-0.4, -0.2) is 109 Å². The standard InChI is InChI=1S/C28H36N8O3S2/c29-9-18-22-21(12-40-28(22)13-30-14-28)41-23(18)24-32-25(36-10-17-1-2-19(31-17)20(36)11-37)34-26(33-24)39-16-27(3-4-27)15-35-5-7-38-8-6-35/h17,19-20,30-31,37H,1-8,10-16H2/t17-,19+,20?/m0/s1. The van der Waals surface area contributed by atoms with Crippen LogP contribution in [0.2, 0.25) is 0 Å². The number of nitrogens with one attached hydrogen (secondary N) is 2. The predicted molar refractivity (Wildman–Crippen MR) is 156 cm³/mol. The van der Waals surface area contributed by atoms with E-state index in [-0.39, 0.29) is 28.9 Å². The van der Waals surface area contributed by atoms with Crippen molar-refractivity contribution >= 4 is 29.0 Å². The Bertz CT molecular complexity index is 1370. The molecule has 1 unspecified atom stereocenters. The summed E-state index contributed by atoms with van der Waals surface area (Å²) in [4.78, 5) is 21.4. The number of ether oxygens (including phenoxy) is 2. The van der Waals surface area contributed by atoms with E-state index in [2.05, 4.69) is 26.5 Å². The van der Waals surface area contributed by atoms with E-state index >= 15 is 0 Å². The van der Waals surface area contributed by atoms with Gasteiger partial charge in [0.15, 0.2) is 5.82 Å². The van der Waals surface area contributed by atoms with Gasteiger partial charge in [0, 0.05) is 73.0 Å². The van der Waals surface area contributed by atoms with Gasteiger partial charge in [-0.3, -0.25) is 4.90 Å². The van der Waals surface area contributed by atoms with Crippen molar-refractivity contribution in [3.63, 3.8) is 0 Å². The van der Waals surface area contributed by atoms with Crippen molar-refractivity contribution in [3.05, 3.63) is 16.0 Å². The Hall–Kier alpha value is -2.05. The van der Waals surface area contributed by atoms with E-state index in [4.69, 9.17) is 24.4 Å². The Kier molecular flexibility index (Phi) is 6.67. The van der Waals surface area contributed by atoms with Crippen molar-refractivity contribution in [2.24, 2.45) is 5.41 Å². The quantitative estimate of drug-likeness (QED) is 0.406. The number of thioether (sulfide) groups is 1. The molecule has 6 aliphatic rings. The van der Waals surface area contributed by atoms with Crippen molar-refractivity contribution in [2.45, 2.75) is 54.3 Å². The summed E-state index contributed by atoms with van der Waals surface area (Å²) in [5.74, 6) is 1.96. The number of hydrogen-bond acceptors (Lipinski definition) is 13. The fourth-order valence-electron chi connectivity index (χ4n) is 7.19. The Morgan fingerprint density at radius 2 is 2.02 bits per heavy atom. The summed E-state index contributed by atoms with van der Waals surface area (Å²) < 4.78 is 11.9. The van der Waals surface area contributed by atoms with Crippen LogP contribution in [0.25, 0.3) is 10.7 Å². The number of nitrogens with zero attached hydrogens (tertiary/aromatic N) is 6. The van der Waals surface area contributed by atoms with Crippen molar-refractivity contribution in [1.29, 1.82) is 5.26 Å². The molecule has 218 valence electrons. The first-order valence-electron chi connectivity index (χ1n) is 14.8. The Morgan fingerprint density at radius 1 is 1.17 bits per heavy atom. The minimum Gasteiger partial charge on any atom is -0.463 e. The molecule has 0 aromatic carbocycles. The third-order valence-electron chi connectivity index (χ3n) is 9.78. The summed E-state index contributed by atoms with van der Waals surface area (Å²) >= 11 is 3.58. The first-order valence-corrected chi connectivity index (χ1v) is 16.6. The van der Waals surface area contributed by atoms with Crippen LogP contribution in [0.1, 0.15) is 41.7 Å². The Morgan fingerprint density at radius 3 is 2.76 bits per heavy atom. The van der Waals surface area contributed by atoms with E-state index < -0.39 is 0 Å². The largest absolute Gasteiger partial charge is 0.463 e. The van der Waals surface area contributed by atoms with Crippen molar-refractivity contribution in [2.75, 3.05) is 70.6 Å². The van der Waals surface area contributed by atoms with Crippen LogP contribution in [-0.2, 0) is 15.2 Å². The van der Waals surface area contributed by atoms with Gasteiger partial charge in [0.25, 0.3) is 0 Å². The average molecular weight is 597 g/mol. The number of thiophene rings is 1. The number of anilines is 1. The molecule has 3 N–H and O–H groups in total. The monoisotopic (exact) mass is 596 g/mol. The maximum Gasteiger partial charge on any atom is 0.321 e. The SMILES string of the molecule is N#Cc1c(-c2nc(OCC3(CN4CCOCC4)CC3)nc(N3C[C@@H]4CC[C@@H](N4)C3CO)n2)sc2c1C1(CNC1)SC2. The van der Waals surface area contributed by atoms with Gasteiger partial charge in [0.05, 0.1) is 47.7 Å². The molecule has 8 rings (SSSR count). The summed E-state index contributed by atoms with van der Waals surface area (Å²) in [6.07, 6.45) is 4.37. The molecule has 0 radical (unpaired) electrons. The third-order valence-corrected chi connectivity index (χ3v) is 12.6. The van der Waals surface area contributed by atoms with Gasteiger partial charge in [0.2, 0.25) is 5.95 Å². The van der Waals surface area contributed by atoms with Gasteiger partial charge in [-0.15, -0.1) is 23.1 Å². The van der Waals surface area contributed by atoms with Gasteiger partial charge in [-0.2, -0.15) is 20.2 Å². The number of aliphatic hydroxyl groups excluding tert-OH is 1. The van der Waals surface area contributed by atoms with Crippen LogP contribution < -0.4 is 20.3 Å². The molecular formula is C28H36N8O3S2. The summed E-state index contributed by atoms with van der Waals surface area (Å²) in [5, 5.41) is 27.8. The molecule has 13 heteroatoms. The highest BCUT2D eigenvalue weighted by atomic mass is 32.2. The first-order chi connectivity index (χ1) is 20.1. The van der Waals surface area contributed by atoms with Crippen molar-refractivity contribution < 1.29 is 14.6 Å². The average Bonchev–Trinajstić information content (AvgIpc) is 3.28. The van der Waals surface area contributed by atoms with Crippen LogP contribution in [0.4, 0.5) is 5.95 Å². The number of rotatable bonds is 8. The number of hydrogen-bond donors (Lipinski definition) is 3. The molecule has 1 spiro atoms. The van der Waals surface area contributed by atoms with Crippen LogP contribution >= 0.6 is 23.1 Å². The molecule has 5 aliphatic heterocycles. The van der Waals surface area contributed by atoms with Gasteiger partial charge < -0.3 is 30.1 Å². The summed E-state index contributed by atoms with van der Waals surface area (Å²) in [5.41, 5.74) is 1.99. The lowest BCUT2D eigenvalue weighted by atomic mass is 9.89. The van der Waals surface area contributed by atoms with E-state index in [0.29, 0.717) is 36.0 Å². The normalized spacial score (nSPS) is 29.3. The van der Waals surface area contributed by atoms with Crippen molar-refractivity contribution in [3.8, 4) is 22.8 Å². The zero-order valence-electron chi connectivity index (χ0n) is 23.1. The van der Waals surface area contributed by atoms with E-state index in [1.54, 1.807) is 11.3 Å². The highest BCUT2D eigenvalue weighted by Gasteiger charge is 2.49. The Balaban J connectivity index is 1.14. The second-order valence-electron chi connectivity index (χ2n) is 12.5. The number of piperazine rings is 1. The molecule has 2 aromatic rings. The van der Waals surface area contributed by atoms with Gasteiger partial charge >= 0.3 is 6.01 Å². The van der Waals surface area contributed by atoms with Gasteiger partial charge in [-0.05, 0) is 25.7 Å². The highest BCUT2D eigenvalue weighted by molar-refractivity contribution is 8.00. The molecule has 3 atom stereocenters. The molecule has 7 heterocycles. The number of aromatic nitrogens is 3. The predicted octanol–water partition coefficient (Wildman–Crippen LogP) is 1.31. The molecule has 1 aliphatic carbocycles. The number of aliphatic hydroxyl groups is 1. The van der Waals surface area contributed by atoms with E-state index in [9.17, 15) is 10.4 Å². The van der Waals surface area contributed by atoms with Crippen LogP contribution in [0.5, 0.6) is 6.01 Å². The summed E-state index contributed by atoms with van der Waals surface area (Å²) in [7, 11) is 0. The van der Waals surface area contributed by atoms with Crippen molar-refractivity contribution in [1.82, 2.24) is 30.5 Å². The first kappa shape index (κ1) is 26.6. The third kappa shape index (κ3) is 4.63. The molecule has 41 heavy (non-hydrogen) atoms. The van der Waals surface area contributed by atoms with Gasteiger partial charge in [-0.25, -0.2) is 0 Å². The van der Waals surface area contributed by atoms with Crippen LogP contribution in [0.15, 0.2) is 0 Å². The topological polar surface area (TPSA) is 132 Å². The fraction of sp³-hybridized carbons (Fsp3) is 0.714. The molecular weight excluding hydrogens is 560 g/mol. The van der Waals surface area contributed by atoms with Crippen LogP contribution in [0.3, 0.4) is 0 Å². The van der Waals surface area contributed by atoms with E-state index in [1.807, 2.05) is 11.8 Å². The lowest BCUT2D eigenvalue weighted by molar-refractivity contribution is 0.0231. The molecule has 5 fully saturated rings. The maximum atomic E-state index is 10.4. The number of fused-ring (bicyclic) bond motifs is 4. The minimum absolute atomic E-state index is 0.0120. The zero-order valence-corrected chi connectivity index (χ0v) is 24.7. The summed E-state index contributed by atoms with van der Waals surface area (Å²) in [6.45, 7) is 7.58. The Labute approximate surface area is 248 Å². The fourth-order valence-corrected chi connectivity index (χ4v) is 10.1. The molecule has 0 amide bonds.